The molecule has 246 valence electrons. The first-order valence-electron chi connectivity index (χ1n) is 15.6. The standard InChI is InChI=1S/C30H54O12/c1-4-6-8-10-12-14-16-25(35)41-28-27(37)24(20-38-21(3)32)40-30(39-19-23(34)22(33)18-31)29(28)42-26(36)17-15-13-11-9-7-5-2/h22-24,27-31,33-34,37H,4-20H2,1-3H3/t22-,23+,24+,27+,28-,29-,30+/m0/s1. The molecule has 12 heteroatoms. The molecule has 0 aromatic carbocycles. The lowest BCUT2D eigenvalue weighted by Crippen LogP contribution is -2.62. The van der Waals surface area contributed by atoms with Gasteiger partial charge in [-0.1, -0.05) is 78.1 Å². The van der Waals surface area contributed by atoms with Crippen LogP contribution in [0.25, 0.3) is 0 Å². The Labute approximate surface area is 250 Å². The second kappa shape index (κ2) is 22.7. The number of ether oxygens (including phenoxy) is 5. The van der Waals surface area contributed by atoms with Crippen molar-refractivity contribution in [3.05, 3.63) is 0 Å². The number of unbranched alkanes of at least 4 members (excludes halogenated alkanes) is 10. The van der Waals surface area contributed by atoms with E-state index >= 15 is 0 Å². The average molecular weight is 607 g/mol. The Morgan fingerprint density at radius 2 is 1.26 bits per heavy atom. The summed E-state index contributed by atoms with van der Waals surface area (Å²) in [5, 5.41) is 40.1. The highest BCUT2D eigenvalue weighted by molar-refractivity contribution is 5.71. The lowest BCUT2D eigenvalue weighted by molar-refractivity contribution is -0.311. The second-order valence-electron chi connectivity index (χ2n) is 10.9. The minimum absolute atomic E-state index is 0.0899. The molecular weight excluding hydrogens is 552 g/mol. The Morgan fingerprint density at radius 1 is 0.762 bits per heavy atom. The zero-order valence-corrected chi connectivity index (χ0v) is 25.6. The van der Waals surface area contributed by atoms with E-state index in [4.69, 9.17) is 28.8 Å². The molecule has 0 spiro atoms. The third-order valence-electron chi connectivity index (χ3n) is 7.14. The summed E-state index contributed by atoms with van der Waals surface area (Å²) in [5.41, 5.74) is 0. The molecule has 0 unspecified atom stereocenters. The maximum Gasteiger partial charge on any atom is 0.306 e. The molecule has 0 bridgehead atoms. The minimum Gasteiger partial charge on any atom is -0.463 e. The van der Waals surface area contributed by atoms with Crippen molar-refractivity contribution < 1.29 is 58.5 Å². The van der Waals surface area contributed by atoms with Crippen molar-refractivity contribution in [1.29, 1.82) is 0 Å². The van der Waals surface area contributed by atoms with Gasteiger partial charge >= 0.3 is 17.9 Å². The quantitative estimate of drug-likeness (QED) is 0.0760. The summed E-state index contributed by atoms with van der Waals surface area (Å²) in [6, 6.07) is 0. The largest absolute Gasteiger partial charge is 0.463 e. The monoisotopic (exact) mass is 606 g/mol. The fourth-order valence-corrected chi connectivity index (χ4v) is 4.57. The third kappa shape index (κ3) is 15.6. The zero-order valence-electron chi connectivity index (χ0n) is 25.6. The molecule has 4 N–H and O–H groups in total. The smallest absolute Gasteiger partial charge is 0.306 e. The Balaban J connectivity index is 3.03. The van der Waals surface area contributed by atoms with Gasteiger partial charge in [-0.15, -0.1) is 0 Å². The van der Waals surface area contributed by atoms with Crippen LogP contribution in [0.3, 0.4) is 0 Å². The van der Waals surface area contributed by atoms with E-state index < -0.39 is 80.6 Å². The normalized spacial score (nSPS) is 23.6. The summed E-state index contributed by atoms with van der Waals surface area (Å²) in [6.45, 7) is 3.76. The Bertz CT molecular complexity index is 748. The summed E-state index contributed by atoms with van der Waals surface area (Å²) >= 11 is 0. The van der Waals surface area contributed by atoms with Crippen LogP contribution >= 0.6 is 0 Å². The van der Waals surface area contributed by atoms with Crippen LogP contribution < -0.4 is 0 Å². The highest BCUT2D eigenvalue weighted by Gasteiger charge is 2.51. The first kappa shape index (κ1) is 38.2. The molecule has 1 rings (SSSR count). The Morgan fingerprint density at radius 3 is 1.76 bits per heavy atom. The fraction of sp³-hybridized carbons (Fsp3) is 0.900. The molecule has 1 heterocycles. The van der Waals surface area contributed by atoms with E-state index in [-0.39, 0.29) is 12.8 Å². The minimum atomic E-state index is -1.53. The predicted octanol–water partition coefficient (Wildman–Crippen LogP) is 2.69. The van der Waals surface area contributed by atoms with Gasteiger partial charge in [0.1, 0.15) is 31.0 Å². The summed E-state index contributed by atoms with van der Waals surface area (Å²) in [4.78, 5) is 37.1. The Kier molecular flexibility index (Phi) is 20.6. The van der Waals surface area contributed by atoms with Gasteiger partial charge in [0, 0.05) is 19.8 Å². The van der Waals surface area contributed by atoms with Crippen molar-refractivity contribution in [2.24, 2.45) is 0 Å². The predicted molar refractivity (Wildman–Crippen MR) is 152 cm³/mol. The van der Waals surface area contributed by atoms with Crippen molar-refractivity contribution in [3.8, 4) is 0 Å². The van der Waals surface area contributed by atoms with Crippen LogP contribution in [-0.2, 0) is 38.1 Å². The molecule has 7 atom stereocenters. The Hall–Kier alpha value is -1.83. The number of carbonyl (C=O) groups excluding carboxylic acids is 3. The second-order valence-corrected chi connectivity index (χ2v) is 10.9. The summed E-state index contributed by atoms with van der Waals surface area (Å²) in [7, 11) is 0. The van der Waals surface area contributed by atoms with Crippen molar-refractivity contribution in [1.82, 2.24) is 0 Å². The van der Waals surface area contributed by atoms with E-state index in [9.17, 15) is 29.7 Å². The first-order chi connectivity index (χ1) is 20.1. The van der Waals surface area contributed by atoms with Crippen LogP contribution in [0.5, 0.6) is 0 Å². The van der Waals surface area contributed by atoms with E-state index in [1.807, 2.05) is 0 Å². The van der Waals surface area contributed by atoms with Crippen LogP contribution in [0.4, 0.5) is 0 Å². The summed E-state index contributed by atoms with van der Waals surface area (Å²) in [5.74, 6) is -1.84. The van der Waals surface area contributed by atoms with Gasteiger partial charge < -0.3 is 44.1 Å². The van der Waals surface area contributed by atoms with E-state index in [1.165, 1.54) is 6.92 Å². The zero-order chi connectivity index (χ0) is 31.3. The molecule has 1 fully saturated rings. The van der Waals surface area contributed by atoms with Crippen molar-refractivity contribution >= 4 is 17.9 Å². The van der Waals surface area contributed by atoms with E-state index in [0.717, 1.165) is 64.2 Å². The van der Waals surface area contributed by atoms with Crippen LogP contribution in [0, 0.1) is 0 Å². The fourth-order valence-electron chi connectivity index (χ4n) is 4.57. The van der Waals surface area contributed by atoms with Gasteiger partial charge in [0.2, 0.25) is 0 Å². The van der Waals surface area contributed by atoms with Crippen molar-refractivity contribution in [2.75, 3.05) is 19.8 Å². The molecule has 1 aliphatic heterocycles. The SMILES string of the molecule is CCCCCCCCC(=O)O[C@@H]1[C@H](OC[C@@H](O)[C@@H](O)CO)O[C@H](COC(C)=O)[C@@H](O)[C@@H]1OC(=O)CCCCCCCC. The molecule has 12 nitrogen and oxygen atoms in total. The maximum absolute atomic E-state index is 12.8. The molecule has 0 amide bonds. The molecule has 0 radical (unpaired) electrons. The maximum atomic E-state index is 12.8. The van der Waals surface area contributed by atoms with Crippen LogP contribution in [0.1, 0.15) is 111 Å². The topological polar surface area (TPSA) is 178 Å². The highest BCUT2D eigenvalue weighted by atomic mass is 16.7. The molecule has 0 saturated carbocycles. The van der Waals surface area contributed by atoms with Crippen molar-refractivity contribution in [2.45, 2.75) is 154 Å². The van der Waals surface area contributed by atoms with Gasteiger partial charge in [0.05, 0.1) is 13.2 Å². The van der Waals surface area contributed by atoms with Gasteiger partial charge in [0.15, 0.2) is 18.5 Å². The van der Waals surface area contributed by atoms with Gasteiger partial charge in [0.25, 0.3) is 0 Å². The lowest BCUT2D eigenvalue weighted by Gasteiger charge is -2.43. The molecule has 0 aliphatic carbocycles. The van der Waals surface area contributed by atoms with Gasteiger partial charge in [-0.05, 0) is 12.8 Å². The van der Waals surface area contributed by atoms with E-state index in [2.05, 4.69) is 13.8 Å². The molecule has 1 aliphatic rings. The van der Waals surface area contributed by atoms with Crippen LogP contribution in [0.15, 0.2) is 0 Å². The number of esters is 3. The first-order valence-corrected chi connectivity index (χ1v) is 15.6. The van der Waals surface area contributed by atoms with E-state index in [1.54, 1.807) is 0 Å². The highest BCUT2D eigenvalue weighted by Crippen LogP contribution is 2.29. The number of hydrogen-bond acceptors (Lipinski definition) is 12. The lowest BCUT2D eigenvalue weighted by atomic mass is 9.98. The number of aliphatic hydroxyl groups is 4. The van der Waals surface area contributed by atoms with Crippen LogP contribution in [-0.4, -0.2) is 101 Å². The molecule has 0 aromatic rings. The number of rotatable bonds is 23. The summed E-state index contributed by atoms with van der Waals surface area (Å²) < 4.78 is 27.7. The van der Waals surface area contributed by atoms with Gasteiger partial charge in [-0.2, -0.15) is 0 Å². The number of aliphatic hydroxyl groups excluding tert-OH is 4. The summed E-state index contributed by atoms with van der Waals surface area (Å²) in [6.07, 6.45) is 1.61. The van der Waals surface area contributed by atoms with E-state index in [0.29, 0.717) is 12.8 Å². The number of carbonyl (C=O) groups is 3. The van der Waals surface area contributed by atoms with Gasteiger partial charge in [-0.25, -0.2) is 0 Å². The third-order valence-corrected chi connectivity index (χ3v) is 7.14. The number of hydrogen-bond donors (Lipinski definition) is 4. The van der Waals surface area contributed by atoms with Crippen LogP contribution in [0.2, 0.25) is 0 Å². The average Bonchev–Trinajstić information content (AvgIpc) is 2.96. The molecule has 0 aromatic heterocycles. The molecule has 42 heavy (non-hydrogen) atoms. The molecule has 1 saturated heterocycles. The van der Waals surface area contributed by atoms with Crippen molar-refractivity contribution in [3.63, 3.8) is 0 Å². The van der Waals surface area contributed by atoms with Gasteiger partial charge in [-0.3, -0.25) is 14.4 Å². The molecular formula is C30H54O12.